The summed E-state index contributed by atoms with van der Waals surface area (Å²) in [7, 11) is 0. The van der Waals surface area contributed by atoms with Gasteiger partial charge in [0.05, 0.1) is 0 Å². The van der Waals surface area contributed by atoms with Crippen molar-refractivity contribution in [3.63, 3.8) is 0 Å². The van der Waals surface area contributed by atoms with Crippen molar-refractivity contribution in [3.05, 3.63) is 73.3 Å². The summed E-state index contributed by atoms with van der Waals surface area (Å²) in [6.07, 6.45) is 8.02. The predicted octanol–water partition coefficient (Wildman–Crippen LogP) is 4.90. The Kier molecular flexibility index (Phi) is 5.29. The van der Waals surface area contributed by atoms with E-state index in [0.29, 0.717) is 17.6 Å². The predicted molar refractivity (Wildman–Crippen MR) is 116 cm³/mol. The summed E-state index contributed by atoms with van der Waals surface area (Å²) in [6, 6.07) is 13.4. The lowest BCUT2D eigenvalue weighted by Gasteiger charge is -2.18. The van der Waals surface area contributed by atoms with Crippen molar-refractivity contribution in [1.29, 1.82) is 10.5 Å². The summed E-state index contributed by atoms with van der Waals surface area (Å²) in [5, 5.41) is 22.0. The number of hydrogen-bond donors (Lipinski definition) is 1. The van der Waals surface area contributed by atoms with E-state index >= 15 is 0 Å². The van der Waals surface area contributed by atoms with Crippen LogP contribution in [0.15, 0.2) is 51.2 Å². The number of nitrogens with one attached hydrogen (secondary N) is 1. The number of hydrogen-bond acceptors (Lipinski definition) is 6. The Labute approximate surface area is 171 Å². The van der Waals surface area contributed by atoms with Crippen LogP contribution in [-0.4, -0.2) is 6.54 Å². The van der Waals surface area contributed by atoms with Crippen molar-refractivity contribution in [2.45, 2.75) is 19.3 Å². The quantitative estimate of drug-likeness (QED) is 0.498. The number of benzene rings is 1. The van der Waals surface area contributed by atoms with Crippen LogP contribution in [0.3, 0.4) is 0 Å². The first-order chi connectivity index (χ1) is 14.2. The van der Waals surface area contributed by atoms with Crippen LogP contribution >= 0.6 is 11.3 Å². The Morgan fingerprint density at radius 1 is 1.21 bits per heavy atom. The van der Waals surface area contributed by atoms with Crippen molar-refractivity contribution in [1.82, 2.24) is 0 Å². The van der Waals surface area contributed by atoms with Gasteiger partial charge in [0.15, 0.2) is 0 Å². The van der Waals surface area contributed by atoms with Crippen LogP contribution in [0.2, 0.25) is 0 Å². The van der Waals surface area contributed by atoms with Gasteiger partial charge in [0.2, 0.25) is 0 Å². The van der Waals surface area contributed by atoms with Crippen LogP contribution in [0.4, 0.5) is 5.69 Å². The van der Waals surface area contributed by atoms with Gasteiger partial charge in [0.25, 0.3) is 0 Å². The number of fused-ring (bicyclic) bond motifs is 2. The average molecular weight is 399 g/mol. The first-order valence-electron chi connectivity index (χ1n) is 9.28. The molecule has 2 aromatic heterocycles. The number of nitriles is 2. The van der Waals surface area contributed by atoms with Gasteiger partial charge in [-0.1, -0.05) is 6.08 Å². The van der Waals surface area contributed by atoms with Gasteiger partial charge < -0.3 is 9.73 Å². The second-order valence-corrected chi connectivity index (χ2v) is 7.91. The van der Waals surface area contributed by atoms with E-state index in [1.165, 1.54) is 16.9 Å². The van der Waals surface area contributed by atoms with Crippen LogP contribution < -0.4 is 10.9 Å². The van der Waals surface area contributed by atoms with Gasteiger partial charge in [-0.05, 0) is 61.2 Å². The number of thiophene rings is 1. The van der Waals surface area contributed by atoms with Crippen molar-refractivity contribution < 1.29 is 4.42 Å². The summed E-state index contributed by atoms with van der Waals surface area (Å²) in [5.74, 6) is 0. The Bertz CT molecular complexity index is 1270. The minimum Gasteiger partial charge on any atom is -0.422 e. The highest BCUT2D eigenvalue weighted by Gasteiger charge is 2.12. The van der Waals surface area contributed by atoms with Gasteiger partial charge in [-0.3, -0.25) is 0 Å². The van der Waals surface area contributed by atoms with Crippen molar-refractivity contribution in [2.75, 3.05) is 11.9 Å². The standard InChI is InChI=1S/C23H17N3O2S/c24-13-15(14-25)9-20-7-6-19(29-20)5-1-3-17-11-18-10-16-4-2-8-26-21(16)12-22(18)28-23(17)27/h1,5-7,9-12,26H,2-4,8H2/b5-1+. The minimum absolute atomic E-state index is 0.0774. The number of rotatable bonds is 4. The zero-order chi connectivity index (χ0) is 20.2. The normalized spacial score (nSPS) is 12.8. The molecule has 0 saturated carbocycles. The molecule has 0 radical (unpaired) electrons. The topological polar surface area (TPSA) is 89.8 Å². The molecule has 29 heavy (non-hydrogen) atoms. The minimum atomic E-state index is -0.319. The largest absolute Gasteiger partial charge is 0.422 e. The number of aryl methyl sites for hydroxylation is 1. The summed E-state index contributed by atoms with van der Waals surface area (Å²) in [6.45, 7) is 0.945. The van der Waals surface area contributed by atoms with Crippen molar-refractivity contribution in [3.8, 4) is 12.1 Å². The fourth-order valence-corrected chi connectivity index (χ4v) is 4.23. The summed E-state index contributed by atoms with van der Waals surface area (Å²) >= 11 is 1.48. The SMILES string of the molecule is N#CC(C#N)=Cc1ccc(/C=C/Cc2cc3cc4c(cc3oc2=O)NCCC4)s1. The first kappa shape index (κ1) is 18.7. The molecule has 0 unspecified atom stereocenters. The highest BCUT2D eigenvalue weighted by molar-refractivity contribution is 7.13. The number of nitrogens with zero attached hydrogens (tertiary/aromatic N) is 2. The van der Waals surface area contributed by atoms with E-state index in [0.717, 1.165) is 40.2 Å². The van der Waals surface area contributed by atoms with E-state index in [4.69, 9.17) is 14.9 Å². The summed E-state index contributed by atoms with van der Waals surface area (Å²) < 4.78 is 5.54. The molecule has 3 heterocycles. The van der Waals surface area contributed by atoms with Gasteiger partial charge in [-0.25, -0.2) is 4.79 Å². The Morgan fingerprint density at radius 3 is 2.86 bits per heavy atom. The van der Waals surface area contributed by atoms with Gasteiger partial charge in [0, 0.05) is 39.0 Å². The molecule has 142 valence electrons. The van der Waals surface area contributed by atoms with Crippen LogP contribution in [0, 0.1) is 22.7 Å². The summed E-state index contributed by atoms with van der Waals surface area (Å²) in [5.41, 5.74) is 3.29. The second-order valence-electron chi connectivity index (χ2n) is 6.76. The molecule has 0 saturated heterocycles. The highest BCUT2D eigenvalue weighted by atomic mass is 32.1. The van der Waals surface area contributed by atoms with Crippen molar-refractivity contribution >= 4 is 40.1 Å². The average Bonchev–Trinajstić information content (AvgIpc) is 3.18. The Balaban J connectivity index is 1.54. The van der Waals surface area contributed by atoms with Gasteiger partial charge >= 0.3 is 5.63 Å². The molecular weight excluding hydrogens is 382 g/mol. The Hall–Kier alpha value is -3.61. The maximum atomic E-state index is 12.3. The molecule has 0 amide bonds. The third-order valence-electron chi connectivity index (χ3n) is 4.76. The first-order valence-corrected chi connectivity index (χ1v) is 10.1. The molecule has 0 atom stereocenters. The molecule has 4 rings (SSSR count). The molecule has 1 aromatic carbocycles. The zero-order valence-corrected chi connectivity index (χ0v) is 16.4. The van der Waals surface area contributed by atoms with E-state index in [-0.39, 0.29) is 11.2 Å². The Morgan fingerprint density at radius 2 is 2.03 bits per heavy atom. The number of allylic oxidation sites excluding steroid dienone is 2. The summed E-state index contributed by atoms with van der Waals surface area (Å²) in [4.78, 5) is 14.2. The van der Waals surface area contributed by atoms with Crippen LogP contribution in [0.25, 0.3) is 23.1 Å². The maximum absolute atomic E-state index is 12.3. The van der Waals surface area contributed by atoms with Crippen molar-refractivity contribution in [2.24, 2.45) is 0 Å². The van der Waals surface area contributed by atoms with Gasteiger partial charge in [-0.15, -0.1) is 11.3 Å². The van der Waals surface area contributed by atoms with Crippen LogP contribution in [0.5, 0.6) is 0 Å². The fraction of sp³-hybridized carbons (Fsp3) is 0.174. The van der Waals surface area contributed by atoms with Gasteiger partial charge in [-0.2, -0.15) is 10.5 Å². The third kappa shape index (κ3) is 4.13. The third-order valence-corrected chi connectivity index (χ3v) is 5.76. The molecule has 3 aromatic rings. The number of anilines is 1. The van der Waals surface area contributed by atoms with E-state index < -0.39 is 0 Å². The maximum Gasteiger partial charge on any atom is 0.339 e. The smallest absolute Gasteiger partial charge is 0.339 e. The van der Waals surface area contributed by atoms with E-state index in [9.17, 15) is 4.79 Å². The molecule has 0 aliphatic carbocycles. The zero-order valence-electron chi connectivity index (χ0n) is 15.6. The second kappa shape index (κ2) is 8.18. The van der Waals surface area contributed by atoms with E-state index in [1.807, 2.05) is 48.6 Å². The lowest BCUT2D eigenvalue weighted by Crippen LogP contribution is -2.12. The molecule has 1 N–H and O–H groups in total. The molecule has 5 nitrogen and oxygen atoms in total. The molecule has 0 bridgehead atoms. The molecule has 0 fully saturated rings. The molecule has 0 spiro atoms. The van der Waals surface area contributed by atoms with E-state index in [1.54, 1.807) is 6.08 Å². The molecular formula is C23H17N3O2S. The lowest BCUT2D eigenvalue weighted by atomic mass is 10.0. The van der Waals surface area contributed by atoms with Crippen LogP contribution in [0.1, 0.15) is 27.3 Å². The monoisotopic (exact) mass is 399 g/mol. The molecule has 6 heteroatoms. The highest BCUT2D eigenvalue weighted by Crippen LogP contribution is 2.28. The fourth-order valence-electron chi connectivity index (χ4n) is 3.34. The van der Waals surface area contributed by atoms with E-state index in [2.05, 4.69) is 11.4 Å². The molecule has 1 aliphatic rings. The van der Waals surface area contributed by atoms with Gasteiger partial charge in [0.1, 0.15) is 23.3 Å². The lowest BCUT2D eigenvalue weighted by molar-refractivity contribution is 0.553. The molecule has 1 aliphatic heterocycles. The van der Waals surface area contributed by atoms with Crippen LogP contribution in [-0.2, 0) is 12.8 Å².